The van der Waals surface area contributed by atoms with E-state index in [1.165, 1.54) is 11.3 Å². The van der Waals surface area contributed by atoms with Gasteiger partial charge >= 0.3 is 0 Å². The quantitative estimate of drug-likeness (QED) is 0.687. The molecular formula is C11H6Cl2N2S. The zero-order valence-electron chi connectivity index (χ0n) is 8.00. The molecule has 0 saturated carbocycles. The molecule has 2 aromatic heterocycles. The molecule has 0 bridgehead atoms. The van der Waals surface area contributed by atoms with E-state index in [1.54, 1.807) is 0 Å². The summed E-state index contributed by atoms with van der Waals surface area (Å²) in [6.07, 6.45) is 0. The van der Waals surface area contributed by atoms with E-state index in [1.807, 2.05) is 30.3 Å². The van der Waals surface area contributed by atoms with Crippen LogP contribution in [0.2, 0.25) is 9.36 Å². The molecule has 0 aliphatic carbocycles. The molecule has 0 fully saturated rings. The maximum atomic E-state index is 5.91. The summed E-state index contributed by atoms with van der Waals surface area (Å²) in [5, 5.41) is 0.701. The van der Waals surface area contributed by atoms with Gasteiger partial charge in [0.2, 0.25) is 0 Å². The van der Waals surface area contributed by atoms with E-state index in [2.05, 4.69) is 9.97 Å². The van der Waals surface area contributed by atoms with Crippen LogP contribution in [0, 0.1) is 0 Å². The standard InChI is InChI=1S/C11H6Cl2N2S/c12-6-1-2-7-8(5-6)15-11(14-7)9-3-4-10(13)16-9/h1-5H,(H,14,15). The molecule has 0 radical (unpaired) electrons. The lowest BCUT2D eigenvalue weighted by Crippen LogP contribution is -1.72. The van der Waals surface area contributed by atoms with E-state index >= 15 is 0 Å². The Bertz CT molecular complexity index is 657. The van der Waals surface area contributed by atoms with Gasteiger partial charge in [-0.2, -0.15) is 0 Å². The number of hydrogen-bond donors (Lipinski definition) is 1. The highest BCUT2D eigenvalue weighted by Gasteiger charge is 2.07. The van der Waals surface area contributed by atoms with Crippen LogP contribution >= 0.6 is 34.5 Å². The lowest BCUT2D eigenvalue weighted by atomic mass is 10.3. The Balaban J connectivity index is 2.18. The summed E-state index contributed by atoms with van der Waals surface area (Å²) in [7, 11) is 0. The van der Waals surface area contributed by atoms with E-state index in [4.69, 9.17) is 23.2 Å². The lowest BCUT2D eigenvalue weighted by molar-refractivity contribution is 1.36. The smallest absolute Gasteiger partial charge is 0.148 e. The second-order valence-electron chi connectivity index (χ2n) is 3.35. The van der Waals surface area contributed by atoms with Gasteiger partial charge in [-0.05, 0) is 30.3 Å². The fourth-order valence-electron chi connectivity index (χ4n) is 1.54. The van der Waals surface area contributed by atoms with Crippen molar-refractivity contribution in [1.29, 1.82) is 0 Å². The van der Waals surface area contributed by atoms with Gasteiger partial charge in [0.15, 0.2) is 0 Å². The highest BCUT2D eigenvalue weighted by molar-refractivity contribution is 7.19. The number of H-pyrrole nitrogens is 1. The number of nitrogens with zero attached hydrogens (tertiary/aromatic N) is 1. The minimum absolute atomic E-state index is 0.701. The Morgan fingerprint density at radius 1 is 1.12 bits per heavy atom. The zero-order valence-corrected chi connectivity index (χ0v) is 10.3. The topological polar surface area (TPSA) is 28.7 Å². The summed E-state index contributed by atoms with van der Waals surface area (Å²) >= 11 is 13.3. The van der Waals surface area contributed by atoms with Crippen molar-refractivity contribution in [2.75, 3.05) is 0 Å². The monoisotopic (exact) mass is 268 g/mol. The largest absolute Gasteiger partial charge is 0.337 e. The predicted octanol–water partition coefficient (Wildman–Crippen LogP) is 4.60. The van der Waals surface area contributed by atoms with Crippen LogP contribution < -0.4 is 0 Å². The van der Waals surface area contributed by atoms with E-state index in [-0.39, 0.29) is 0 Å². The number of thiophene rings is 1. The average Bonchev–Trinajstić information content (AvgIpc) is 2.83. The first-order valence-electron chi connectivity index (χ1n) is 4.63. The van der Waals surface area contributed by atoms with Crippen molar-refractivity contribution >= 4 is 45.6 Å². The van der Waals surface area contributed by atoms with Gasteiger partial charge in [0.1, 0.15) is 5.82 Å². The van der Waals surface area contributed by atoms with Crippen molar-refractivity contribution < 1.29 is 0 Å². The molecule has 0 spiro atoms. The van der Waals surface area contributed by atoms with E-state index < -0.39 is 0 Å². The van der Waals surface area contributed by atoms with Crippen LogP contribution in [0.3, 0.4) is 0 Å². The van der Waals surface area contributed by atoms with E-state index in [9.17, 15) is 0 Å². The molecule has 2 heterocycles. The molecule has 2 nitrogen and oxygen atoms in total. The minimum Gasteiger partial charge on any atom is -0.337 e. The van der Waals surface area contributed by atoms with Crippen molar-refractivity contribution in [3.05, 3.63) is 39.7 Å². The molecule has 0 unspecified atom stereocenters. The van der Waals surface area contributed by atoms with Crippen molar-refractivity contribution in [1.82, 2.24) is 9.97 Å². The third-order valence-electron chi connectivity index (χ3n) is 2.25. The number of aromatic amines is 1. The first-order valence-corrected chi connectivity index (χ1v) is 6.20. The summed E-state index contributed by atoms with van der Waals surface area (Å²) in [4.78, 5) is 8.72. The van der Waals surface area contributed by atoms with Gasteiger partial charge in [-0.15, -0.1) is 11.3 Å². The van der Waals surface area contributed by atoms with Crippen LogP contribution in [-0.4, -0.2) is 9.97 Å². The number of fused-ring (bicyclic) bond motifs is 1. The van der Waals surface area contributed by atoms with Gasteiger partial charge in [0.05, 0.1) is 20.2 Å². The average molecular weight is 269 g/mol. The van der Waals surface area contributed by atoms with Crippen LogP contribution in [0.25, 0.3) is 21.7 Å². The summed E-state index contributed by atoms with van der Waals surface area (Å²) < 4.78 is 0.758. The maximum absolute atomic E-state index is 5.91. The second-order valence-corrected chi connectivity index (χ2v) is 5.50. The van der Waals surface area contributed by atoms with Crippen molar-refractivity contribution in [2.45, 2.75) is 0 Å². The molecule has 3 rings (SSSR count). The molecule has 0 saturated heterocycles. The number of nitrogens with one attached hydrogen (secondary N) is 1. The van der Waals surface area contributed by atoms with Gasteiger partial charge in [-0.25, -0.2) is 4.98 Å². The first-order chi connectivity index (χ1) is 7.72. The molecule has 80 valence electrons. The van der Waals surface area contributed by atoms with Crippen molar-refractivity contribution in [2.24, 2.45) is 0 Å². The Hall–Kier alpha value is -1.03. The fourth-order valence-corrected chi connectivity index (χ4v) is 2.70. The van der Waals surface area contributed by atoms with Gasteiger partial charge in [0.25, 0.3) is 0 Å². The molecule has 0 atom stereocenters. The second kappa shape index (κ2) is 3.77. The molecular weight excluding hydrogens is 263 g/mol. The molecule has 16 heavy (non-hydrogen) atoms. The molecule has 3 aromatic rings. The van der Waals surface area contributed by atoms with Crippen LogP contribution in [0.5, 0.6) is 0 Å². The highest BCUT2D eigenvalue weighted by Crippen LogP contribution is 2.30. The zero-order chi connectivity index (χ0) is 11.1. The molecule has 0 amide bonds. The van der Waals surface area contributed by atoms with E-state index in [0.717, 1.165) is 26.1 Å². The number of rotatable bonds is 1. The lowest BCUT2D eigenvalue weighted by Gasteiger charge is -1.87. The Kier molecular flexibility index (Phi) is 2.39. The Morgan fingerprint density at radius 2 is 2.00 bits per heavy atom. The summed E-state index contributed by atoms with van der Waals surface area (Å²) in [5.41, 5.74) is 1.84. The highest BCUT2D eigenvalue weighted by atomic mass is 35.5. The van der Waals surface area contributed by atoms with Crippen LogP contribution in [-0.2, 0) is 0 Å². The summed E-state index contributed by atoms with van der Waals surface area (Å²) in [6.45, 7) is 0. The first kappa shape index (κ1) is 10.1. The number of aromatic nitrogens is 2. The Labute approximate surface area is 106 Å². The fraction of sp³-hybridized carbons (Fsp3) is 0. The van der Waals surface area contributed by atoms with Gasteiger partial charge in [-0.1, -0.05) is 23.2 Å². The van der Waals surface area contributed by atoms with Crippen molar-refractivity contribution in [3.63, 3.8) is 0 Å². The van der Waals surface area contributed by atoms with E-state index in [0.29, 0.717) is 5.02 Å². The normalized spacial score (nSPS) is 11.1. The third kappa shape index (κ3) is 1.71. The van der Waals surface area contributed by atoms with Crippen LogP contribution in [0.4, 0.5) is 0 Å². The summed E-state index contributed by atoms with van der Waals surface area (Å²) in [5.74, 6) is 0.828. The molecule has 1 N–H and O–H groups in total. The van der Waals surface area contributed by atoms with Crippen LogP contribution in [0.1, 0.15) is 0 Å². The van der Waals surface area contributed by atoms with Gasteiger partial charge < -0.3 is 4.98 Å². The molecule has 0 aliphatic rings. The number of halogens is 2. The number of benzene rings is 1. The van der Waals surface area contributed by atoms with Crippen LogP contribution in [0.15, 0.2) is 30.3 Å². The Morgan fingerprint density at radius 3 is 2.75 bits per heavy atom. The van der Waals surface area contributed by atoms with Gasteiger partial charge in [-0.3, -0.25) is 0 Å². The SMILES string of the molecule is Clc1ccc2nc(-c3ccc(Cl)s3)[nH]c2c1. The number of hydrogen-bond acceptors (Lipinski definition) is 2. The maximum Gasteiger partial charge on any atom is 0.148 e. The molecule has 0 aliphatic heterocycles. The minimum atomic E-state index is 0.701. The van der Waals surface area contributed by atoms with Gasteiger partial charge in [0, 0.05) is 5.02 Å². The molecule has 1 aromatic carbocycles. The predicted molar refractivity (Wildman–Crippen MR) is 69.4 cm³/mol. The number of imidazole rings is 1. The third-order valence-corrected chi connectivity index (χ3v) is 3.72. The summed E-state index contributed by atoms with van der Waals surface area (Å²) in [6, 6.07) is 9.40. The molecule has 5 heteroatoms. The van der Waals surface area contributed by atoms with Crippen molar-refractivity contribution in [3.8, 4) is 10.7 Å².